The van der Waals surface area contributed by atoms with Crippen LogP contribution in [0.5, 0.6) is 0 Å². The minimum Gasteiger partial charge on any atom is -0.416 e. The highest BCUT2D eigenvalue weighted by Crippen LogP contribution is 2.25. The van der Waals surface area contributed by atoms with Gasteiger partial charge in [0, 0.05) is 5.41 Å². The monoisotopic (exact) mass is 226 g/mol. The zero-order valence-electron chi connectivity index (χ0n) is 11.4. The van der Waals surface area contributed by atoms with Crippen LogP contribution in [0, 0.1) is 17.2 Å². The molecule has 0 unspecified atom stereocenters. The van der Waals surface area contributed by atoms with Gasteiger partial charge in [0.05, 0.1) is 11.2 Å². The quantitative estimate of drug-likeness (QED) is 0.568. The summed E-state index contributed by atoms with van der Waals surface area (Å²) in [4.78, 5) is 0. The highest BCUT2D eigenvalue weighted by Gasteiger charge is 2.38. The highest BCUT2D eigenvalue weighted by atomic mass is 16.5. The Kier molecular flexibility index (Phi) is 4.64. The topological polar surface area (TPSA) is 49.7 Å². The van der Waals surface area contributed by atoms with E-state index in [4.69, 9.17) is 4.65 Å². The average molecular weight is 226 g/mol. The van der Waals surface area contributed by atoms with Gasteiger partial charge in [-0.1, -0.05) is 5.82 Å². The van der Waals surface area contributed by atoms with Crippen molar-refractivity contribution >= 4 is 7.12 Å². The van der Waals surface area contributed by atoms with E-state index in [1.807, 2.05) is 20.8 Å². The van der Waals surface area contributed by atoms with Crippen LogP contribution in [0.4, 0.5) is 0 Å². The van der Waals surface area contributed by atoms with Crippen LogP contribution in [0.25, 0.3) is 0 Å². The number of aliphatic hydroxyl groups is 1. The molecule has 0 saturated heterocycles. The van der Waals surface area contributed by atoms with Gasteiger partial charge in [-0.15, -0.1) is 5.92 Å². The van der Waals surface area contributed by atoms with Crippen molar-refractivity contribution in [1.29, 1.82) is 0 Å². The lowest BCUT2D eigenvalue weighted by Crippen LogP contribution is -2.50. The van der Waals surface area contributed by atoms with Crippen molar-refractivity contribution < 1.29 is 14.8 Å². The van der Waals surface area contributed by atoms with Gasteiger partial charge in [-0.3, -0.25) is 0 Å². The van der Waals surface area contributed by atoms with Gasteiger partial charge in [0.15, 0.2) is 0 Å². The molecule has 0 amide bonds. The summed E-state index contributed by atoms with van der Waals surface area (Å²) in [7, 11) is -1.18. The van der Waals surface area contributed by atoms with Crippen LogP contribution in [-0.2, 0) is 4.65 Å². The first-order valence-electron chi connectivity index (χ1n) is 5.46. The van der Waals surface area contributed by atoms with Crippen LogP contribution in [0.3, 0.4) is 0 Å². The highest BCUT2D eigenvalue weighted by molar-refractivity contribution is 6.53. The Morgan fingerprint density at radius 1 is 1.00 bits per heavy atom. The van der Waals surface area contributed by atoms with Crippen molar-refractivity contribution in [3.05, 3.63) is 0 Å². The second-order valence-corrected chi connectivity index (χ2v) is 6.06. The van der Waals surface area contributed by atoms with Crippen molar-refractivity contribution in [2.75, 3.05) is 0 Å². The first kappa shape index (κ1) is 15.5. The first-order chi connectivity index (χ1) is 6.85. The van der Waals surface area contributed by atoms with E-state index in [-0.39, 0.29) is 5.41 Å². The SMILES string of the molecule is CC(C)(C)C#CB(O)OC(C)(C)C(C)(C)O. The van der Waals surface area contributed by atoms with Crippen LogP contribution in [0.1, 0.15) is 48.5 Å². The predicted molar refractivity (Wildman–Crippen MR) is 66.7 cm³/mol. The van der Waals surface area contributed by atoms with E-state index in [1.54, 1.807) is 27.7 Å². The van der Waals surface area contributed by atoms with E-state index in [0.29, 0.717) is 0 Å². The second kappa shape index (κ2) is 4.79. The molecular formula is C12H23BO3. The summed E-state index contributed by atoms with van der Waals surface area (Å²) in [5, 5.41) is 19.4. The second-order valence-electron chi connectivity index (χ2n) is 6.06. The smallest absolute Gasteiger partial charge is 0.416 e. The molecule has 0 heterocycles. The molecule has 92 valence electrons. The summed E-state index contributed by atoms with van der Waals surface area (Å²) in [5.74, 6) is 5.51. The largest absolute Gasteiger partial charge is 0.547 e. The molecule has 0 aliphatic heterocycles. The molecule has 0 aliphatic rings. The molecule has 0 bridgehead atoms. The maximum absolute atomic E-state index is 9.84. The summed E-state index contributed by atoms with van der Waals surface area (Å²) in [6.07, 6.45) is 0. The van der Waals surface area contributed by atoms with Crippen LogP contribution in [0.15, 0.2) is 0 Å². The molecule has 0 spiro atoms. The lowest BCUT2D eigenvalue weighted by Gasteiger charge is -2.37. The van der Waals surface area contributed by atoms with Gasteiger partial charge in [0.25, 0.3) is 0 Å². The lowest BCUT2D eigenvalue weighted by molar-refractivity contribution is -0.0981. The van der Waals surface area contributed by atoms with E-state index < -0.39 is 18.3 Å². The summed E-state index contributed by atoms with van der Waals surface area (Å²) in [5.41, 5.74) is -2.08. The molecule has 0 aliphatic carbocycles. The summed E-state index contributed by atoms with van der Waals surface area (Å²) in [6, 6.07) is 0. The van der Waals surface area contributed by atoms with E-state index in [9.17, 15) is 10.1 Å². The van der Waals surface area contributed by atoms with Gasteiger partial charge in [-0.05, 0) is 48.5 Å². The third-order valence-electron chi connectivity index (χ3n) is 2.45. The van der Waals surface area contributed by atoms with Gasteiger partial charge in [0.1, 0.15) is 0 Å². The summed E-state index contributed by atoms with van der Waals surface area (Å²) in [6.45, 7) is 12.6. The van der Waals surface area contributed by atoms with Crippen molar-refractivity contribution in [1.82, 2.24) is 0 Å². The van der Waals surface area contributed by atoms with E-state index >= 15 is 0 Å². The Bertz CT molecular complexity index is 286. The van der Waals surface area contributed by atoms with Gasteiger partial charge < -0.3 is 14.8 Å². The zero-order valence-corrected chi connectivity index (χ0v) is 11.4. The van der Waals surface area contributed by atoms with E-state index in [1.165, 1.54) is 0 Å². The standard InChI is InChI=1S/C12H23BO3/c1-10(2,3)8-9-13(15)16-12(6,7)11(4,5)14/h14-15H,1-7H3. The molecule has 0 aromatic carbocycles. The predicted octanol–water partition coefficient (Wildman–Crippen LogP) is 1.62. The Balaban J connectivity index is 4.57. The minimum absolute atomic E-state index is 0.177. The number of rotatable bonds is 3. The van der Waals surface area contributed by atoms with E-state index in [2.05, 4.69) is 11.7 Å². The van der Waals surface area contributed by atoms with Gasteiger partial charge >= 0.3 is 7.12 Å². The molecule has 16 heavy (non-hydrogen) atoms. The van der Waals surface area contributed by atoms with E-state index in [0.717, 1.165) is 0 Å². The third kappa shape index (κ3) is 5.55. The van der Waals surface area contributed by atoms with Gasteiger partial charge in [0.2, 0.25) is 0 Å². The molecule has 3 nitrogen and oxygen atoms in total. The molecule has 0 radical (unpaired) electrons. The average Bonchev–Trinajstić information content (AvgIpc) is 1.96. The number of hydrogen-bond acceptors (Lipinski definition) is 3. The fourth-order valence-electron chi connectivity index (χ4n) is 0.731. The lowest BCUT2D eigenvalue weighted by atomic mass is 9.82. The van der Waals surface area contributed by atoms with Crippen molar-refractivity contribution in [3.63, 3.8) is 0 Å². The van der Waals surface area contributed by atoms with Crippen molar-refractivity contribution in [3.8, 4) is 11.7 Å². The molecule has 0 aromatic heterocycles. The molecule has 2 N–H and O–H groups in total. The summed E-state index contributed by atoms with van der Waals surface area (Å²) < 4.78 is 5.33. The molecule has 0 fully saturated rings. The maximum Gasteiger partial charge on any atom is 0.547 e. The molecule has 0 saturated carbocycles. The van der Waals surface area contributed by atoms with Crippen LogP contribution in [0.2, 0.25) is 0 Å². The maximum atomic E-state index is 9.84. The van der Waals surface area contributed by atoms with Gasteiger partial charge in [-0.2, -0.15) is 0 Å². The molecular weight excluding hydrogens is 203 g/mol. The first-order valence-corrected chi connectivity index (χ1v) is 5.46. The molecule has 0 aromatic rings. The van der Waals surface area contributed by atoms with Crippen LogP contribution >= 0.6 is 0 Å². The Morgan fingerprint density at radius 3 is 1.75 bits per heavy atom. The molecule has 0 rings (SSSR count). The zero-order chi connectivity index (χ0) is 13.2. The van der Waals surface area contributed by atoms with Crippen LogP contribution in [-0.4, -0.2) is 28.5 Å². The summed E-state index contributed by atoms with van der Waals surface area (Å²) >= 11 is 0. The minimum atomic E-state index is -1.18. The Hall–Kier alpha value is -0.495. The van der Waals surface area contributed by atoms with Crippen molar-refractivity contribution in [2.45, 2.75) is 59.7 Å². The Morgan fingerprint density at radius 2 is 1.44 bits per heavy atom. The van der Waals surface area contributed by atoms with Crippen LogP contribution < -0.4 is 0 Å². The van der Waals surface area contributed by atoms with Gasteiger partial charge in [-0.25, -0.2) is 0 Å². The molecule has 0 atom stereocenters. The fourth-order valence-corrected chi connectivity index (χ4v) is 0.731. The third-order valence-corrected chi connectivity index (χ3v) is 2.45. The van der Waals surface area contributed by atoms with Crippen molar-refractivity contribution in [2.24, 2.45) is 5.41 Å². The fraction of sp³-hybridized carbons (Fsp3) is 0.833. The Labute approximate surface area is 99.3 Å². The normalized spacial score (nSPS) is 13.1. The molecule has 4 heteroatoms. The number of hydrogen-bond donors (Lipinski definition) is 2.